The summed E-state index contributed by atoms with van der Waals surface area (Å²) in [4.78, 5) is 30.9. The van der Waals surface area contributed by atoms with Gasteiger partial charge in [0, 0.05) is 5.69 Å². The molecule has 3 rings (SSSR count). The Morgan fingerprint density at radius 1 is 1.19 bits per heavy atom. The number of amides is 1. The van der Waals surface area contributed by atoms with Gasteiger partial charge in [-0.1, -0.05) is 23.9 Å². The third-order valence-electron chi connectivity index (χ3n) is 3.29. The van der Waals surface area contributed by atoms with Crippen LogP contribution in [-0.4, -0.2) is 28.2 Å². The fourth-order valence-electron chi connectivity index (χ4n) is 2.18. The maximum atomic E-state index is 12.1. The van der Waals surface area contributed by atoms with Gasteiger partial charge >= 0.3 is 6.61 Å². The van der Waals surface area contributed by atoms with Crippen LogP contribution in [0.25, 0.3) is 10.9 Å². The average Bonchev–Trinajstić information content (AvgIpc) is 2.61. The van der Waals surface area contributed by atoms with Crippen LogP contribution in [0.2, 0.25) is 0 Å². The number of thioether (sulfide) groups is 1. The second kappa shape index (κ2) is 7.96. The number of hydrogen-bond donors (Lipinski definition) is 2. The third-order valence-corrected chi connectivity index (χ3v) is 4.17. The molecule has 0 unspecified atom stereocenters. The molecule has 9 heteroatoms. The molecule has 0 aliphatic rings. The lowest BCUT2D eigenvalue weighted by Gasteiger charge is -2.07. The van der Waals surface area contributed by atoms with Crippen LogP contribution in [0.5, 0.6) is 5.75 Å². The molecule has 0 spiro atoms. The zero-order valence-corrected chi connectivity index (χ0v) is 14.1. The van der Waals surface area contributed by atoms with Crippen molar-refractivity contribution in [1.82, 2.24) is 9.97 Å². The van der Waals surface area contributed by atoms with E-state index in [9.17, 15) is 18.4 Å². The molecule has 0 radical (unpaired) electrons. The number of hydrogen-bond acceptors (Lipinski definition) is 5. The highest BCUT2D eigenvalue weighted by atomic mass is 32.2. The zero-order chi connectivity index (χ0) is 18.5. The summed E-state index contributed by atoms with van der Waals surface area (Å²) < 4.78 is 28.4. The van der Waals surface area contributed by atoms with Crippen molar-refractivity contribution in [1.29, 1.82) is 0 Å². The zero-order valence-electron chi connectivity index (χ0n) is 13.2. The van der Waals surface area contributed by atoms with E-state index >= 15 is 0 Å². The molecule has 0 atom stereocenters. The molecular weight excluding hydrogens is 364 g/mol. The number of H-pyrrole nitrogens is 1. The van der Waals surface area contributed by atoms with Crippen LogP contribution in [-0.2, 0) is 4.79 Å². The van der Waals surface area contributed by atoms with Crippen molar-refractivity contribution >= 4 is 34.3 Å². The SMILES string of the molecule is O=C(CSc1nc2ccccc2c(=O)[nH]1)Nc1ccc(OC(F)F)cc1. The number of aromatic amines is 1. The number of anilines is 1. The van der Waals surface area contributed by atoms with Crippen molar-refractivity contribution in [2.24, 2.45) is 0 Å². The number of nitrogens with zero attached hydrogens (tertiary/aromatic N) is 1. The Balaban J connectivity index is 1.59. The number of rotatable bonds is 6. The molecule has 0 aliphatic heterocycles. The van der Waals surface area contributed by atoms with Gasteiger partial charge in [0.05, 0.1) is 16.7 Å². The highest BCUT2D eigenvalue weighted by Gasteiger charge is 2.08. The monoisotopic (exact) mass is 377 g/mol. The number of alkyl halides is 2. The highest BCUT2D eigenvalue weighted by molar-refractivity contribution is 7.99. The summed E-state index contributed by atoms with van der Waals surface area (Å²) in [5.41, 5.74) is 0.721. The number of para-hydroxylation sites is 1. The summed E-state index contributed by atoms with van der Waals surface area (Å²) in [5.74, 6) is -0.296. The van der Waals surface area contributed by atoms with Crippen molar-refractivity contribution < 1.29 is 18.3 Å². The first kappa shape index (κ1) is 17.9. The Morgan fingerprint density at radius 2 is 1.92 bits per heavy atom. The van der Waals surface area contributed by atoms with E-state index in [2.05, 4.69) is 20.0 Å². The summed E-state index contributed by atoms with van der Waals surface area (Å²) in [5, 5.41) is 3.44. The van der Waals surface area contributed by atoms with Crippen LogP contribution in [0.3, 0.4) is 0 Å². The minimum Gasteiger partial charge on any atom is -0.435 e. The van der Waals surface area contributed by atoms with Crippen LogP contribution >= 0.6 is 11.8 Å². The fraction of sp³-hybridized carbons (Fsp3) is 0.118. The van der Waals surface area contributed by atoms with E-state index in [4.69, 9.17) is 0 Å². The second-order valence-electron chi connectivity index (χ2n) is 5.13. The predicted octanol–water partition coefficient (Wildman–Crippen LogP) is 3.26. The van der Waals surface area contributed by atoms with Gasteiger partial charge in [0.15, 0.2) is 5.16 Å². The van der Waals surface area contributed by atoms with Crippen molar-refractivity contribution in [3.05, 3.63) is 58.9 Å². The Bertz CT molecular complexity index is 977. The predicted molar refractivity (Wildman–Crippen MR) is 94.8 cm³/mol. The van der Waals surface area contributed by atoms with Crippen LogP contribution < -0.4 is 15.6 Å². The molecule has 1 aromatic heterocycles. The number of halogens is 2. The topological polar surface area (TPSA) is 84.1 Å². The normalized spacial score (nSPS) is 10.9. The minimum absolute atomic E-state index is 0.00492. The van der Waals surface area contributed by atoms with Gasteiger partial charge < -0.3 is 15.0 Å². The smallest absolute Gasteiger partial charge is 0.387 e. The fourth-order valence-corrected chi connectivity index (χ4v) is 2.85. The average molecular weight is 377 g/mol. The number of aromatic nitrogens is 2. The maximum absolute atomic E-state index is 12.1. The molecule has 1 amide bonds. The number of carbonyl (C=O) groups is 1. The molecule has 134 valence electrons. The van der Waals surface area contributed by atoms with Crippen molar-refractivity contribution in [3.8, 4) is 5.75 Å². The molecule has 2 aromatic carbocycles. The van der Waals surface area contributed by atoms with E-state index in [-0.39, 0.29) is 23.0 Å². The largest absolute Gasteiger partial charge is 0.435 e. The van der Waals surface area contributed by atoms with Gasteiger partial charge in [0.25, 0.3) is 5.56 Å². The molecule has 0 saturated heterocycles. The van der Waals surface area contributed by atoms with Gasteiger partial charge in [0.1, 0.15) is 5.75 Å². The molecule has 0 fully saturated rings. The summed E-state index contributed by atoms with van der Waals surface area (Å²) in [7, 11) is 0. The number of nitrogens with one attached hydrogen (secondary N) is 2. The summed E-state index contributed by atoms with van der Waals surface area (Å²) in [6, 6.07) is 12.5. The maximum Gasteiger partial charge on any atom is 0.387 e. The summed E-state index contributed by atoms with van der Waals surface area (Å²) in [6.07, 6.45) is 0. The molecule has 0 saturated carbocycles. The van der Waals surface area contributed by atoms with Gasteiger partial charge in [0.2, 0.25) is 5.91 Å². The van der Waals surface area contributed by atoms with Crippen LogP contribution in [0, 0.1) is 0 Å². The van der Waals surface area contributed by atoms with Crippen molar-refractivity contribution in [2.75, 3.05) is 11.1 Å². The molecular formula is C17H13F2N3O3S. The van der Waals surface area contributed by atoms with Crippen molar-refractivity contribution in [3.63, 3.8) is 0 Å². The Labute approximate surface area is 150 Å². The van der Waals surface area contributed by atoms with E-state index < -0.39 is 6.61 Å². The first-order valence-corrected chi connectivity index (χ1v) is 8.46. The lowest BCUT2D eigenvalue weighted by Crippen LogP contribution is -2.15. The van der Waals surface area contributed by atoms with Crippen molar-refractivity contribution in [2.45, 2.75) is 11.8 Å². The number of benzene rings is 2. The van der Waals surface area contributed by atoms with Crippen LogP contribution in [0.4, 0.5) is 14.5 Å². The van der Waals surface area contributed by atoms with Crippen LogP contribution in [0.1, 0.15) is 0 Å². The number of carbonyl (C=O) groups excluding carboxylic acids is 1. The van der Waals surface area contributed by atoms with E-state index in [0.717, 1.165) is 11.8 Å². The standard InChI is InChI=1S/C17H13F2N3O3S/c18-16(19)25-11-7-5-10(6-8-11)20-14(23)9-26-17-21-13-4-2-1-3-12(13)15(24)22-17/h1-8,16H,9H2,(H,20,23)(H,21,22,24). The lowest BCUT2D eigenvalue weighted by molar-refractivity contribution is -0.113. The Morgan fingerprint density at radius 3 is 2.65 bits per heavy atom. The number of fused-ring (bicyclic) bond motifs is 1. The van der Waals surface area contributed by atoms with Gasteiger partial charge in [-0.15, -0.1) is 0 Å². The van der Waals surface area contributed by atoms with E-state index in [1.54, 1.807) is 24.3 Å². The first-order valence-electron chi connectivity index (χ1n) is 7.48. The molecule has 0 aliphatic carbocycles. The molecule has 1 heterocycles. The van der Waals surface area contributed by atoms with Gasteiger partial charge in [-0.2, -0.15) is 8.78 Å². The highest BCUT2D eigenvalue weighted by Crippen LogP contribution is 2.19. The summed E-state index contributed by atoms with van der Waals surface area (Å²) in [6.45, 7) is -2.90. The molecule has 2 N–H and O–H groups in total. The summed E-state index contributed by atoms with van der Waals surface area (Å²) >= 11 is 1.09. The quantitative estimate of drug-likeness (QED) is 0.509. The number of ether oxygens (including phenoxy) is 1. The van der Waals surface area contributed by atoms with E-state index in [1.807, 2.05) is 0 Å². The lowest BCUT2D eigenvalue weighted by atomic mass is 10.2. The van der Waals surface area contributed by atoms with E-state index in [0.29, 0.717) is 21.7 Å². The third kappa shape index (κ3) is 4.57. The van der Waals surface area contributed by atoms with Gasteiger partial charge in [-0.3, -0.25) is 9.59 Å². The van der Waals surface area contributed by atoms with E-state index in [1.165, 1.54) is 24.3 Å². The molecule has 0 bridgehead atoms. The second-order valence-corrected chi connectivity index (χ2v) is 6.09. The molecule has 3 aromatic rings. The minimum atomic E-state index is -2.90. The Hall–Kier alpha value is -2.94. The molecule has 26 heavy (non-hydrogen) atoms. The van der Waals surface area contributed by atoms with Crippen LogP contribution in [0.15, 0.2) is 58.5 Å². The first-order chi connectivity index (χ1) is 12.5. The van der Waals surface area contributed by atoms with Gasteiger partial charge in [-0.25, -0.2) is 4.98 Å². The van der Waals surface area contributed by atoms with Gasteiger partial charge in [-0.05, 0) is 36.4 Å². The molecule has 6 nitrogen and oxygen atoms in total. The Kier molecular flexibility index (Phi) is 5.47.